The molecule has 0 aliphatic carbocycles. The van der Waals surface area contributed by atoms with Crippen molar-refractivity contribution in [2.45, 2.75) is 6.92 Å². The second kappa shape index (κ2) is 3.66. The van der Waals surface area contributed by atoms with Crippen LogP contribution in [0.25, 0.3) is 17.2 Å². The molecule has 7 heteroatoms. The third-order valence-electron chi connectivity index (χ3n) is 2.51. The first kappa shape index (κ1) is 10.5. The van der Waals surface area contributed by atoms with E-state index in [9.17, 15) is 4.79 Å². The van der Waals surface area contributed by atoms with Crippen molar-refractivity contribution in [1.29, 1.82) is 0 Å². The molecule has 0 unspecified atom stereocenters. The number of aromatic nitrogens is 5. The van der Waals surface area contributed by atoms with Crippen molar-refractivity contribution in [1.82, 2.24) is 24.6 Å². The number of pyridine rings is 1. The standard InChI is InChI=1S/C11H10N6O/c1-6-4-9(18)17-11(14-6)15-10(16-17)7-2-3-13-8(12)5-7/h2-5H,1H3,(H2,12,13)(H,14,15,16). The zero-order valence-electron chi connectivity index (χ0n) is 9.58. The largest absolute Gasteiger partial charge is 0.384 e. The minimum absolute atomic E-state index is 0.196. The van der Waals surface area contributed by atoms with E-state index in [0.717, 1.165) is 5.56 Å². The number of aromatic amines is 1. The highest BCUT2D eigenvalue weighted by Gasteiger charge is 2.08. The van der Waals surface area contributed by atoms with E-state index in [0.29, 0.717) is 23.1 Å². The summed E-state index contributed by atoms with van der Waals surface area (Å²) >= 11 is 0. The zero-order chi connectivity index (χ0) is 12.7. The summed E-state index contributed by atoms with van der Waals surface area (Å²) in [6, 6.07) is 4.87. The van der Waals surface area contributed by atoms with Gasteiger partial charge in [0.1, 0.15) is 5.82 Å². The molecule has 7 nitrogen and oxygen atoms in total. The number of nitrogens with two attached hydrogens (primary N) is 1. The van der Waals surface area contributed by atoms with Gasteiger partial charge >= 0.3 is 0 Å². The Balaban J connectivity index is 2.26. The Morgan fingerprint density at radius 1 is 1.33 bits per heavy atom. The minimum Gasteiger partial charge on any atom is -0.384 e. The highest BCUT2D eigenvalue weighted by molar-refractivity contribution is 5.59. The van der Waals surface area contributed by atoms with Gasteiger partial charge in [0.25, 0.3) is 11.3 Å². The van der Waals surface area contributed by atoms with Crippen molar-refractivity contribution in [2.75, 3.05) is 5.73 Å². The van der Waals surface area contributed by atoms with Crippen LogP contribution in [-0.2, 0) is 0 Å². The monoisotopic (exact) mass is 242 g/mol. The van der Waals surface area contributed by atoms with E-state index >= 15 is 0 Å². The molecule has 3 rings (SSSR count). The SMILES string of the molecule is Cc1cc(=O)n2[nH]c(-c3ccnc(N)c3)nc2n1. The summed E-state index contributed by atoms with van der Waals surface area (Å²) in [6.45, 7) is 1.75. The predicted molar refractivity (Wildman–Crippen MR) is 66.0 cm³/mol. The molecule has 0 aliphatic heterocycles. The fraction of sp³-hybridized carbons (Fsp3) is 0.0909. The van der Waals surface area contributed by atoms with Gasteiger partial charge < -0.3 is 5.73 Å². The lowest BCUT2D eigenvalue weighted by atomic mass is 10.2. The summed E-state index contributed by atoms with van der Waals surface area (Å²) in [5.41, 5.74) is 6.80. The summed E-state index contributed by atoms with van der Waals surface area (Å²) in [5, 5.41) is 2.88. The Bertz CT molecular complexity index is 788. The van der Waals surface area contributed by atoms with Crippen molar-refractivity contribution >= 4 is 11.6 Å². The fourth-order valence-corrected chi connectivity index (χ4v) is 1.72. The first-order chi connectivity index (χ1) is 8.63. The Labute approximate surface area is 101 Å². The van der Waals surface area contributed by atoms with Gasteiger partial charge in [-0.15, -0.1) is 0 Å². The third-order valence-corrected chi connectivity index (χ3v) is 2.51. The quantitative estimate of drug-likeness (QED) is 0.641. The number of hydrogen-bond donors (Lipinski definition) is 2. The number of fused-ring (bicyclic) bond motifs is 1. The Morgan fingerprint density at radius 2 is 2.17 bits per heavy atom. The summed E-state index contributed by atoms with van der Waals surface area (Å²) in [4.78, 5) is 24.1. The second-order valence-corrected chi connectivity index (χ2v) is 3.91. The minimum atomic E-state index is -0.196. The molecule has 18 heavy (non-hydrogen) atoms. The Hall–Kier alpha value is -2.70. The molecular weight excluding hydrogens is 232 g/mol. The van der Waals surface area contributed by atoms with Gasteiger partial charge in [-0.2, -0.15) is 9.50 Å². The van der Waals surface area contributed by atoms with Crippen molar-refractivity contribution in [2.24, 2.45) is 0 Å². The number of H-pyrrole nitrogens is 1. The summed E-state index contributed by atoms with van der Waals surface area (Å²) in [5.74, 6) is 1.26. The molecule has 0 amide bonds. The maximum atomic E-state index is 11.7. The molecule has 3 heterocycles. The molecule has 3 aromatic heterocycles. The zero-order valence-corrected chi connectivity index (χ0v) is 9.58. The lowest BCUT2D eigenvalue weighted by Gasteiger charge is -1.96. The van der Waals surface area contributed by atoms with E-state index in [2.05, 4.69) is 20.1 Å². The number of nitrogens with zero attached hydrogens (tertiary/aromatic N) is 4. The first-order valence-electron chi connectivity index (χ1n) is 5.32. The molecule has 0 bridgehead atoms. The van der Waals surface area contributed by atoms with Crippen LogP contribution in [0.2, 0.25) is 0 Å². The van der Waals surface area contributed by atoms with E-state index in [1.807, 2.05) is 0 Å². The van der Waals surface area contributed by atoms with Crippen LogP contribution in [0.5, 0.6) is 0 Å². The smallest absolute Gasteiger partial charge is 0.274 e. The topological polar surface area (TPSA) is 102 Å². The average molecular weight is 242 g/mol. The molecule has 0 atom stereocenters. The number of aryl methyl sites for hydroxylation is 1. The summed E-state index contributed by atoms with van der Waals surface area (Å²) in [6.07, 6.45) is 1.58. The highest BCUT2D eigenvalue weighted by atomic mass is 16.1. The summed E-state index contributed by atoms with van der Waals surface area (Å²) < 4.78 is 1.29. The Kier molecular flexibility index (Phi) is 2.12. The molecule has 0 aliphatic rings. The van der Waals surface area contributed by atoms with Gasteiger partial charge in [0, 0.05) is 23.5 Å². The van der Waals surface area contributed by atoms with Crippen LogP contribution in [0.4, 0.5) is 5.82 Å². The maximum absolute atomic E-state index is 11.7. The number of hydrogen-bond acceptors (Lipinski definition) is 5. The lowest BCUT2D eigenvalue weighted by Crippen LogP contribution is -2.14. The van der Waals surface area contributed by atoms with Crippen LogP contribution in [0.15, 0.2) is 29.2 Å². The fourth-order valence-electron chi connectivity index (χ4n) is 1.72. The van der Waals surface area contributed by atoms with Gasteiger partial charge in [-0.25, -0.2) is 9.97 Å². The molecule has 0 saturated heterocycles. The second-order valence-electron chi connectivity index (χ2n) is 3.91. The maximum Gasteiger partial charge on any atom is 0.274 e. The van der Waals surface area contributed by atoms with Crippen molar-refractivity contribution < 1.29 is 0 Å². The predicted octanol–water partition coefficient (Wildman–Crippen LogP) is 0.370. The van der Waals surface area contributed by atoms with Crippen molar-refractivity contribution in [3.05, 3.63) is 40.4 Å². The van der Waals surface area contributed by atoms with Crippen molar-refractivity contribution in [3.63, 3.8) is 0 Å². The van der Waals surface area contributed by atoms with Crippen LogP contribution >= 0.6 is 0 Å². The summed E-state index contributed by atoms with van der Waals surface area (Å²) in [7, 11) is 0. The van der Waals surface area contributed by atoms with Crippen LogP contribution < -0.4 is 11.3 Å². The van der Waals surface area contributed by atoms with Crippen molar-refractivity contribution in [3.8, 4) is 11.4 Å². The lowest BCUT2D eigenvalue weighted by molar-refractivity contribution is 0.892. The Morgan fingerprint density at radius 3 is 2.94 bits per heavy atom. The molecule has 3 aromatic rings. The van der Waals surface area contributed by atoms with Gasteiger partial charge in [-0.3, -0.25) is 9.89 Å². The van der Waals surface area contributed by atoms with Crippen LogP contribution in [0.1, 0.15) is 5.69 Å². The van der Waals surface area contributed by atoms with Gasteiger partial charge in [-0.05, 0) is 19.1 Å². The highest BCUT2D eigenvalue weighted by Crippen LogP contribution is 2.15. The van der Waals surface area contributed by atoms with Gasteiger partial charge in [0.05, 0.1) is 0 Å². The van der Waals surface area contributed by atoms with E-state index in [1.54, 1.807) is 25.3 Å². The van der Waals surface area contributed by atoms with E-state index in [-0.39, 0.29) is 5.56 Å². The molecular formula is C11H10N6O. The molecule has 90 valence electrons. The third kappa shape index (κ3) is 1.61. The van der Waals surface area contributed by atoms with Crippen LogP contribution in [0, 0.1) is 6.92 Å². The van der Waals surface area contributed by atoms with E-state index in [1.165, 1.54) is 10.6 Å². The van der Waals surface area contributed by atoms with E-state index < -0.39 is 0 Å². The molecule has 0 fully saturated rings. The van der Waals surface area contributed by atoms with Gasteiger partial charge in [-0.1, -0.05) is 0 Å². The van der Waals surface area contributed by atoms with Crippen LogP contribution in [0.3, 0.4) is 0 Å². The van der Waals surface area contributed by atoms with Gasteiger partial charge in [0.15, 0.2) is 5.82 Å². The average Bonchev–Trinajstić information content (AvgIpc) is 2.73. The number of rotatable bonds is 1. The van der Waals surface area contributed by atoms with Crippen LogP contribution in [-0.4, -0.2) is 24.6 Å². The molecule has 0 spiro atoms. The number of nitrogens with one attached hydrogen (secondary N) is 1. The molecule has 0 radical (unpaired) electrons. The molecule has 0 aromatic carbocycles. The number of nitrogen functional groups attached to an aromatic ring is 1. The molecule has 0 saturated carbocycles. The van der Waals surface area contributed by atoms with E-state index in [4.69, 9.17) is 5.73 Å². The van der Waals surface area contributed by atoms with Gasteiger partial charge in [0.2, 0.25) is 0 Å². The first-order valence-corrected chi connectivity index (χ1v) is 5.32. The normalized spacial score (nSPS) is 10.9. The molecule has 3 N–H and O–H groups in total. The number of anilines is 1.